The third-order valence-electron chi connectivity index (χ3n) is 2.34. The summed E-state index contributed by atoms with van der Waals surface area (Å²) in [6.45, 7) is 1.37. The molecule has 0 saturated carbocycles. The van der Waals surface area contributed by atoms with Crippen molar-refractivity contribution < 1.29 is 19.1 Å². The molecule has 7 heteroatoms. The van der Waals surface area contributed by atoms with Gasteiger partial charge in [-0.1, -0.05) is 6.92 Å². The maximum absolute atomic E-state index is 13.4. The van der Waals surface area contributed by atoms with Crippen molar-refractivity contribution in [2.75, 3.05) is 11.9 Å². The molecule has 0 bridgehead atoms. The first-order valence-electron chi connectivity index (χ1n) is 5.41. The van der Waals surface area contributed by atoms with Gasteiger partial charge in [0.25, 0.3) is 0 Å². The molecule has 0 aliphatic heterocycles. The summed E-state index contributed by atoms with van der Waals surface area (Å²) in [5, 5.41) is 21.7. The number of halogens is 1. The lowest BCUT2D eigenvalue weighted by Gasteiger charge is -2.10. The van der Waals surface area contributed by atoms with Crippen molar-refractivity contribution in [1.82, 2.24) is 5.32 Å². The Hall–Kier alpha value is -2.62. The number of benzene rings is 1. The Bertz CT molecular complexity index is 540. The van der Waals surface area contributed by atoms with E-state index in [4.69, 9.17) is 10.4 Å². The standard InChI is InChI=1S/C12H12FN3O3/c1-7(11(17)18)6-15-12(19)16-10-3-2-8(5-14)4-9(10)13/h2-4,7H,6H2,1H3,(H,17,18)(H2,15,16,19). The molecule has 0 spiro atoms. The topological polar surface area (TPSA) is 102 Å². The van der Waals surface area contributed by atoms with Gasteiger partial charge in [0.1, 0.15) is 5.82 Å². The molecule has 0 radical (unpaired) electrons. The van der Waals surface area contributed by atoms with E-state index in [0.29, 0.717) is 0 Å². The maximum Gasteiger partial charge on any atom is 0.319 e. The van der Waals surface area contributed by atoms with Crippen LogP contribution in [0.3, 0.4) is 0 Å². The molecule has 0 aliphatic carbocycles. The Morgan fingerprint density at radius 3 is 2.74 bits per heavy atom. The molecule has 0 aliphatic rings. The van der Waals surface area contributed by atoms with Crippen molar-refractivity contribution in [2.45, 2.75) is 6.92 Å². The summed E-state index contributed by atoms with van der Waals surface area (Å²) in [6, 6.07) is 4.67. The highest BCUT2D eigenvalue weighted by Gasteiger charge is 2.13. The minimum Gasteiger partial charge on any atom is -0.481 e. The molecule has 1 unspecified atom stereocenters. The summed E-state index contributed by atoms with van der Waals surface area (Å²) >= 11 is 0. The third-order valence-corrected chi connectivity index (χ3v) is 2.34. The van der Waals surface area contributed by atoms with Crippen LogP contribution in [-0.2, 0) is 4.79 Å². The van der Waals surface area contributed by atoms with Gasteiger partial charge in [-0.2, -0.15) is 5.26 Å². The Morgan fingerprint density at radius 2 is 2.21 bits per heavy atom. The molecule has 1 atom stereocenters. The highest BCUT2D eigenvalue weighted by Crippen LogP contribution is 2.15. The molecule has 100 valence electrons. The number of nitrogens with zero attached hydrogens (tertiary/aromatic N) is 1. The number of anilines is 1. The van der Waals surface area contributed by atoms with E-state index in [1.807, 2.05) is 0 Å². The molecule has 6 nitrogen and oxygen atoms in total. The number of urea groups is 1. The smallest absolute Gasteiger partial charge is 0.319 e. The van der Waals surface area contributed by atoms with Gasteiger partial charge in [-0.15, -0.1) is 0 Å². The van der Waals surface area contributed by atoms with Gasteiger partial charge in [-0.05, 0) is 18.2 Å². The quantitative estimate of drug-likeness (QED) is 0.768. The predicted molar refractivity (Wildman–Crippen MR) is 64.9 cm³/mol. The number of carboxylic acids is 1. The summed E-state index contributed by atoms with van der Waals surface area (Å²) in [7, 11) is 0. The molecule has 0 saturated heterocycles. The second-order valence-electron chi connectivity index (χ2n) is 3.88. The zero-order valence-corrected chi connectivity index (χ0v) is 10.1. The third kappa shape index (κ3) is 4.27. The fourth-order valence-corrected chi connectivity index (χ4v) is 1.19. The number of amides is 2. The maximum atomic E-state index is 13.4. The van der Waals surface area contributed by atoms with Gasteiger partial charge in [-0.25, -0.2) is 9.18 Å². The molecule has 1 rings (SSSR count). The highest BCUT2D eigenvalue weighted by atomic mass is 19.1. The number of carbonyl (C=O) groups excluding carboxylic acids is 1. The zero-order valence-electron chi connectivity index (χ0n) is 10.1. The highest BCUT2D eigenvalue weighted by molar-refractivity contribution is 5.89. The average molecular weight is 265 g/mol. The Kier molecular flexibility index (Phi) is 4.83. The van der Waals surface area contributed by atoms with Crippen LogP contribution in [0.25, 0.3) is 0 Å². The van der Waals surface area contributed by atoms with Crippen LogP contribution < -0.4 is 10.6 Å². The number of carbonyl (C=O) groups is 2. The van der Waals surface area contributed by atoms with E-state index in [0.717, 1.165) is 6.07 Å². The lowest BCUT2D eigenvalue weighted by molar-refractivity contribution is -0.140. The lowest BCUT2D eigenvalue weighted by atomic mass is 10.2. The summed E-state index contributed by atoms with van der Waals surface area (Å²) < 4.78 is 13.4. The van der Waals surface area contributed by atoms with Crippen LogP contribution in [0.4, 0.5) is 14.9 Å². The van der Waals surface area contributed by atoms with Crippen LogP contribution in [0.15, 0.2) is 18.2 Å². The van der Waals surface area contributed by atoms with Crippen molar-refractivity contribution in [3.8, 4) is 6.07 Å². The lowest BCUT2D eigenvalue weighted by Crippen LogP contribution is -2.34. The van der Waals surface area contributed by atoms with E-state index >= 15 is 0 Å². The summed E-state index contributed by atoms with van der Waals surface area (Å²) in [5.74, 6) is -2.51. The summed E-state index contributed by atoms with van der Waals surface area (Å²) in [4.78, 5) is 21.9. The fourth-order valence-electron chi connectivity index (χ4n) is 1.19. The van der Waals surface area contributed by atoms with E-state index in [-0.39, 0.29) is 17.8 Å². The van der Waals surface area contributed by atoms with E-state index in [1.165, 1.54) is 19.1 Å². The van der Waals surface area contributed by atoms with Gasteiger partial charge in [-0.3, -0.25) is 4.79 Å². The molecule has 2 amide bonds. The molecular formula is C12H12FN3O3. The molecule has 3 N–H and O–H groups in total. The van der Waals surface area contributed by atoms with Gasteiger partial charge in [0.15, 0.2) is 0 Å². The normalized spacial score (nSPS) is 11.2. The number of nitrogens with one attached hydrogen (secondary N) is 2. The van der Waals surface area contributed by atoms with Gasteiger partial charge < -0.3 is 15.7 Å². The second-order valence-corrected chi connectivity index (χ2v) is 3.88. The molecule has 1 aromatic carbocycles. The van der Waals surface area contributed by atoms with Crippen LogP contribution in [0.2, 0.25) is 0 Å². The van der Waals surface area contributed by atoms with Gasteiger partial charge in [0.05, 0.1) is 23.2 Å². The summed E-state index contributed by atoms with van der Waals surface area (Å²) in [6.07, 6.45) is 0. The number of aliphatic carboxylic acids is 1. The van der Waals surface area contributed by atoms with Crippen molar-refractivity contribution >= 4 is 17.7 Å². The van der Waals surface area contributed by atoms with E-state index in [2.05, 4.69) is 10.6 Å². The van der Waals surface area contributed by atoms with Crippen molar-refractivity contribution in [3.63, 3.8) is 0 Å². The van der Waals surface area contributed by atoms with E-state index in [1.54, 1.807) is 6.07 Å². The van der Waals surface area contributed by atoms with E-state index in [9.17, 15) is 14.0 Å². The Balaban J connectivity index is 2.58. The zero-order chi connectivity index (χ0) is 14.4. The van der Waals surface area contributed by atoms with Crippen molar-refractivity contribution in [3.05, 3.63) is 29.6 Å². The first kappa shape index (κ1) is 14.4. The van der Waals surface area contributed by atoms with Crippen LogP contribution in [0.1, 0.15) is 12.5 Å². The molecule has 1 aromatic rings. The fraction of sp³-hybridized carbons (Fsp3) is 0.250. The van der Waals surface area contributed by atoms with Crippen LogP contribution >= 0.6 is 0 Å². The first-order valence-corrected chi connectivity index (χ1v) is 5.41. The Morgan fingerprint density at radius 1 is 1.53 bits per heavy atom. The van der Waals surface area contributed by atoms with Gasteiger partial charge in [0, 0.05) is 6.54 Å². The number of nitriles is 1. The number of hydrogen-bond donors (Lipinski definition) is 3. The average Bonchev–Trinajstić information content (AvgIpc) is 2.38. The van der Waals surface area contributed by atoms with Crippen molar-refractivity contribution in [1.29, 1.82) is 5.26 Å². The van der Waals surface area contributed by atoms with E-state index < -0.39 is 23.7 Å². The molecule has 0 heterocycles. The molecular weight excluding hydrogens is 253 g/mol. The first-order chi connectivity index (χ1) is 8.93. The van der Waals surface area contributed by atoms with Crippen LogP contribution in [0, 0.1) is 23.1 Å². The largest absolute Gasteiger partial charge is 0.481 e. The van der Waals surface area contributed by atoms with Crippen molar-refractivity contribution in [2.24, 2.45) is 5.92 Å². The number of rotatable bonds is 4. The SMILES string of the molecule is CC(CNC(=O)Nc1ccc(C#N)cc1F)C(=O)O. The monoisotopic (exact) mass is 265 g/mol. The molecule has 19 heavy (non-hydrogen) atoms. The minimum atomic E-state index is -1.04. The predicted octanol–water partition coefficient (Wildman–Crippen LogP) is 1.54. The minimum absolute atomic E-state index is 0.0704. The van der Waals surface area contributed by atoms with Crippen LogP contribution in [0.5, 0.6) is 0 Å². The van der Waals surface area contributed by atoms with Gasteiger partial charge in [0.2, 0.25) is 0 Å². The van der Waals surface area contributed by atoms with Gasteiger partial charge >= 0.3 is 12.0 Å². The Labute approximate surface area is 108 Å². The molecule has 0 fully saturated rings. The number of hydrogen-bond acceptors (Lipinski definition) is 3. The number of carboxylic acid groups (broad SMARTS) is 1. The summed E-state index contributed by atoms with van der Waals surface area (Å²) in [5.41, 5.74) is 0.0578. The van der Waals surface area contributed by atoms with Crippen LogP contribution in [-0.4, -0.2) is 23.7 Å². The second kappa shape index (κ2) is 6.35. The molecule has 0 aromatic heterocycles.